The highest BCUT2D eigenvalue weighted by molar-refractivity contribution is 6.33. The van der Waals surface area contributed by atoms with Gasteiger partial charge in [-0.2, -0.15) is 0 Å². The molecular formula is C10H11ClN2O3. The van der Waals surface area contributed by atoms with E-state index in [-0.39, 0.29) is 22.8 Å². The van der Waals surface area contributed by atoms with Crippen LogP contribution in [-0.2, 0) is 4.79 Å². The van der Waals surface area contributed by atoms with Crippen molar-refractivity contribution in [2.45, 2.75) is 0 Å². The van der Waals surface area contributed by atoms with E-state index in [0.717, 1.165) is 4.90 Å². The number of rotatable bonds is 3. The van der Waals surface area contributed by atoms with Gasteiger partial charge in [0.1, 0.15) is 6.54 Å². The Morgan fingerprint density at radius 2 is 2.12 bits per heavy atom. The van der Waals surface area contributed by atoms with Crippen molar-refractivity contribution in [1.29, 1.82) is 0 Å². The Morgan fingerprint density at radius 1 is 1.50 bits per heavy atom. The highest BCUT2D eigenvalue weighted by Crippen LogP contribution is 2.23. The Labute approximate surface area is 97.4 Å². The predicted molar refractivity (Wildman–Crippen MR) is 60.5 cm³/mol. The van der Waals surface area contributed by atoms with Crippen molar-refractivity contribution in [1.82, 2.24) is 4.90 Å². The molecular weight excluding hydrogens is 232 g/mol. The van der Waals surface area contributed by atoms with Crippen LogP contribution in [0.25, 0.3) is 0 Å². The van der Waals surface area contributed by atoms with Crippen LogP contribution in [0.3, 0.4) is 0 Å². The fourth-order valence-electron chi connectivity index (χ4n) is 1.20. The summed E-state index contributed by atoms with van der Waals surface area (Å²) in [6, 6.07) is 4.65. The Balaban J connectivity index is 2.96. The molecule has 0 atom stereocenters. The summed E-state index contributed by atoms with van der Waals surface area (Å²) >= 11 is 5.76. The number of halogens is 1. The minimum Gasteiger partial charge on any atom is -0.480 e. The van der Waals surface area contributed by atoms with Crippen molar-refractivity contribution in [3.63, 3.8) is 0 Å². The topological polar surface area (TPSA) is 83.6 Å². The summed E-state index contributed by atoms with van der Waals surface area (Å²) in [5.41, 5.74) is 5.99. The molecule has 0 spiro atoms. The first-order valence-electron chi connectivity index (χ1n) is 4.44. The number of hydrogen-bond acceptors (Lipinski definition) is 3. The first-order chi connectivity index (χ1) is 7.43. The second-order valence-electron chi connectivity index (χ2n) is 3.26. The van der Waals surface area contributed by atoms with Crippen LogP contribution in [0.2, 0.25) is 5.02 Å². The summed E-state index contributed by atoms with van der Waals surface area (Å²) in [6.07, 6.45) is 0. The molecule has 0 aromatic heterocycles. The lowest BCUT2D eigenvalue weighted by Gasteiger charge is -2.16. The van der Waals surface area contributed by atoms with E-state index < -0.39 is 11.9 Å². The summed E-state index contributed by atoms with van der Waals surface area (Å²) in [7, 11) is 1.39. The van der Waals surface area contributed by atoms with Gasteiger partial charge in [0.25, 0.3) is 5.91 Å². The van der Waals surface area contributed by atoms with Crippen LogP contribution < -0.4 is 5.73 Å². The maximum absolute atomic E-state index is 11.8. The van der Waals surface area contributed by atoms with Gasteiger partial charge in [-0.05, 0) is 12.1 Å². The number of hydrogen-bond donors (Lipinski definition) is 2. The average Bonchev–Trinajstić information content (AvgIpc) is 2.20. The van der Waals surface area contributed by atoms with Crippen molar-refractivity contribution in [3.05, 3.63) is 28.8 Å². The van der Waals surface area contributed by atoms with Crippen molar-refractivity contribution in [3.8, 4) is 0 Å². The minimum absolute atomic E-state index is 0.159. The second kappa shape index (κ2) is 4.85. The molecule has 3 N–H and O–H groups in total. The van der Waals surface area contributed by atoms with Crippen molar-refractivity contribution >= 4 is 29.2 Å². The Bertz CT molecular complexity index is 434. The van der Waals surface area contributed by atoms with E-state index in [0.29, 0.717) is 0 Å². The van der Waals surface area contributed by atoms with Gasteiger partial charge < -0.3 is 15.7 Å². The zero-order valence-corrected chi connectivity index (χ0v) is 9.36. The van der Waals surface area contributed by atoms with Gasteiger partial charge in [0.05, 0.1) is 16.3 Å². The lowest BCUT2D eigenvalue weighted by molar-refractivity contribution is -0.137. The average molecular weight is 243 g/mol. The number of likely N-dealkylation sites (N-methyl/N-ethyl adjacent to an activating group) is 1. The summed E-state index contributed by atoms with van der Waals surface area (Å²) < 4.78 is 0. The highest BCUT2D eigenvalue weighted by Gasteiger charge is 2.17. The van der Waals surface area contributed by atoms with E-state index >= 15 is 0 Å². The van der Waals surface area contributed by atoms with Gasteiger partial charge in [-0.25, -0.2) is 0 Å². The van der Waals surface area contributed by atoms with Gasteiger partial charge in [0.2, 0.25) is 0 Å². The van der Waals surface area contributed by atoms with Crippen LogP contribution in [0.4, 0.5) is 5.69 Å². The number of benzene rings is 1. The minimum atomic E-state index is -1.09. The van der Waals surface area contributed by atoms with Gasteiger partial charge in [-0.3, -0.25) is 9.59 Å². The first-order valence-corrected chi connectivity index (χ1v) is 4.82. The standard InChI is InChI=1S/C10H11ClN2O3/c1-13(5-8(14)15)10(16)6-3-2-4-7(11)9(6)12/h2-4H,5,12H2,1H3,(H,14,15). The van der Waals surface area contributed by atoms with Crippen LogP contribution in [0.15, 0.2) is 18.2 Å². The number of amides is 1. The predicted octanol–water partition coefficient (Wildman–Crippen LogP) is 1.08. The molecule has 16 heavy (non-hydrogen) atoms. The second-order valence-corrected chi connectivity index (χ2v) is 3.66. The number of carboxylic acids is 1. The third-order valence-corrected chi connectivity index (χ3v) is 2.33. The van der Waals surface area contributed by atoms with E-state index in [4.69, 9.17) is 22.4 Å². The van der Waals surface area contributed by atoms with Gasteiger partial charge in [0.15, 0.2) is 0 Å². The fraction of sp³-hybridized carbons (Fsp3) is 0.200. The SMILES string of the molecule is CN(CC(=O)O)C(=O)c1cccc(Cl)c1N. The maximum Gasteiger partial charge on any atom is 0.323 e. The molecule has 1 rings (SSSR count). The first kappa shape index (κ1) is 12.3. The third kappa shape index (κ3) is 2.64. The normalized spacial score (nSPS) is 9.88. The number of nitrogen functional groups attached to an aromatic ring is 1. The molecule has 0 radical (unpaired) electrons. The van der Waals surface area contributed by atoms with Crippen LogP contribution in [0, 0.1) is 0 Å². The molecule has 86 valence electrons. The van der Waals surface area contributed by atoms with Crippen LogP contribution in [0.5, 0.6) is 0 Å². The lowest BCUT2D eigenvalue weighted by atomic mass is 10.1. The van der Waals surface area contributed by atoms with Crippen LogP contribution in [0.1, 0.15) is 10.4 Å². The molecule has 0 saturated heterocycles. The molecule has 0 aliphatic heterocycles. The summed E-state index contributed by atoms with van der Waals surface area (Å²) in [6.45, 7) is -0.384. The largest absolute Gasteiger partial charge is 0.480 e. The molecule has 1 aromatic carbocycles. The van der Waals surface area contributed by atoms with E-state index in [1.165, 1.54) is 13.1 Å². The Morgan fingerprint density at radius 3 is 2.69 bits per heavy atom. The van der Waals surface area contributed by atoms with Gasteiger partial charge in [-0.1, -0.05) is 17.7 Å². The molecule has 1 aromatic rings. The molecule has 1 amide bonds. The molecule has 0 unspecified atom stereocenters. The number of nitrogens with two attached hydrogens (primary N) is 1. The Kier molecular flexibility index (Phi) is 3.73. The van der Waals surface area contributed by atoms with Crippen molar-refractivity contribution < 1.29 is 14.7 Å². The van der Waals surface area contributed by atoms with Gasteiger partial charge in [-0.15, -0.1) is 0 Å². The highest BCUT2D eigenvalue weighted by atomic mass is 35.5. The molecule has 0 aliphatic carbocycles. The quantitative estimate of drug-likeness (QED) is 0.777. The van der Waals surface area contributed by atoms with E-state index in [9.17, 15) is 9.59 Å². The lowest BCUT2D eigenvalue weighted by Crippen LogP contribution is -2.32. The molecule has 6 heteroatoms. The number of carboxylic acid groups (broad SMARTS) is 1. The molecule has 0 aliphatic rings. The maximum atomic E-state index is 11.8. The molecule has 0 heterocycles. The van der Waals surface area contributed by atoms with E-state index in [2.05, 4.69) is 0 Å². The summed E-state index contributed by atoms with van der Waals surface area (Å²) in [4.78, 5) is 23.3. The van der Waals surface area contributed by atoms with E-state index in [1.807, 2.05) is 0 Å². The van der Waals surface area contributed by atoms with Gasteiger partial charge >= 0.3 is 5.97 Å². The zero-order valence-electron chi connectivity index (χ0n) is 8.61. The summed E-state index contributed by atoms with van der Waals surface area (Å²) in [5, 5.41) is 8.83. The molecule has 5 nitrogen and oxygen atoms in total. The monoisotopic (exact) mass is 242 g/mol. The number of carbonyl (C=O) groups is 2. The smallest absolute Gasteiger partial charge is 0.323 e. The molecule has 0 bridgehead atoms. The molecule has 0 fully saturated rings. The summed E-state index contributed by atoms with van der Waals surface area (Å²) in [5.74, 6) is -1.56. The third-order valence-electron chi connectivity index (χ3n) is 2.00. The van der Waals surface area contributed by atoms with Crippen LogP contribution >= 0.6 is 11.6 Å². The van der Waals surface area contributed by atoms with Crippen molar-refractivity contribution in [2.24, 2.45) is 0 Å². The molecule has 0 saturated carbocycles. The van der Waals surface area contributed by atoms with Gasteiger partial charge in [0, 0.05) is 7.05 Å². The number of nitrogens with zero attached hydrogens (tertiary/aromatic N) is 1. The number of anilines is 1. The zero-order chi connectivity index (χ0) is 12.3. The Hall–Kier alpha value is -1.75. The number of aliphatic carboxylic acids is 1. The number of carbonyl (C=O) groups excluding carboxylic acids is 1. The van der Waals surface area contributed by atoms with Crippen LogP contribution in [-0.4, -0.2) is 35.5 Å². The van der Waals surface area contributed by atoms with Crippen molar-refractivity contribution in [2.75, 3.05) is 19.3 Å². The number of para-hydroxylation sites is 1. The fourth-order valence-corrected chi connectivity index (χ4v) is 1.38. The van der Waals surface area contributed by atoms with E-state index in [1.54, 1.807) is 12.1 Å².